The van der Waals surface area contributed by atoms with E-state index >= 15 is 0 Å². The molecule has 1 fully saturated rings. The van der Waals surface area contributed by atoms with Crippen molar-refractivity contribution in [2.75, 3.05) is 18.6 Å². The van der Waals surface area contributed by atoms with Crippen LogP contribution in [0.4, 0.5) is 0 Å². The fourth-order valence-electron chi connectivity index (χ4n) is 2.97. The van der Waals surface area contributed by atoms with E-state index in [2.05, 4.69) is 20.9 Å². The second-order valence-electron chi connectivity index (χ2n) is 6.22. The minimum Gasteiger partial charge on any atom is -0.342 e. The molecule has 9 heteroatoms. The highest BCUT2D eigenvalue weighted by Gasteiger charge is 2.32. The van der Waals surface area contributed by atoms with Gasteiger partial charge in [0.1, 0.15) is 0 Å². The molecule has 2 aromatic rings. The van der Waals surface area contributed by atoms with Crippen molar-refractivity contribution in [2.45, 2.75) is 25.4 Å². The number of halogens is 1. The normalized spacial score (nSPS) is 19.2. The summed E-state index contributed by atoms with van der Waals surface area (Å²) in [6.07, 6.45) is 2.02. The fourth-order valence-corrected chi connectivity index (χ4v) is 5.10. The Kier molecular flexibility index (Phi) is 4.97. The number of aryl methyl sites for hydroxylation is 1. The molecule has 7 nitrogen and oxygen atoms in total. The number of aromatic nitrogens is 2. The van der Waals surface area contributed by atoms with Crippen molar-refractivity contribution in [1.29, 1.82) is 0 Å². The summed E-state index contributed by atoms with van der Waals surface area (Å²) in [6.45, 7) is 0.205. The Labute approximate surface area is 153 Å². The molecule has 134 valence electrons. The number of benzene rings is 1. The second kappa shape index (κ2) is 6.87. The molecule has 0 bridgehead atoms. The highest BCUT2D eigenvalue weighted by Crippen LogP contribution is 2.17. The minimum absolute atomic E-state index is 0.0146. The molecule has 1 aromatic carbocycles. The number of amides is 1. The largest absolute Gasteiger partial charge is 0.342 e. The van der Waals surface area contributed by atoms with Gasteiger partial charge in [-0.3, -0.25) is 14.2 Å². The number of hydrogen-bond donors (Lipinski definition) is 0. The molecule has 1 saturated heterocycles. The molecule has 25 heavy (non-hydrogen) atoms. The zero-order valence-corrected chi connectivity index (χ0v) is 16.1. The highest BCUT2D eigenvalue weighted by molar-refractivity contribution is 9.10. The van der Waals surface area contributed by atoms with Crippen molar-refractivity contribution in [1.82, 2.24) is 14.5 Å². The quantitative estimate of drug-likeness (QED) is 0.730. The molecule has 1 aliphatic rings. The Morgan fingerprint density at radius 3 is 2.88 bits per heavy atom. The van der Waals surface area contributed by atoms with Crippen LogP contribution in [0.25, 0.3) is 10.9 Å². The van der Waals surface area contributed by atoms with Crippen molar-refractivity contribution in [2.24, 2.45) is 0 Å². The fraction of sp³-hybridized carbons (Fsp3) is 0.438. The number of sulfone groups is 1. The summed E-state index contributed by atoms with van der Waals surface area (Å²) in [6, 6.07) is 5.00. The van der Waals surface area contributed by atoms with E-state index in [9.17, 15) is 18.0 Å². The van der Waals surface area contributed by atoms with Crippen LogP contribution in [-0.2, 0) is 21.2 Å². The monoisotopic (exact) mass is 427 g/mol. The van der Waals surface area contributed by atoms with Gasteiger partial charge in [0.25, 0.3) is 5.56 Å². The predicted molar refractivity (Wildman–Crippen MR) is 98.1 cm³/mol. The molecule has 1 amide bonds. The Morgan fingerprint density at radius 2 is 2.20 bits per heavy atom. The summed E-state index contributed by atoms with van der Waals surface area (Å²) < 4.78 is 25.3. The number of nitrogens with zero attached hydrogens (tertiary/aromatic N) is 3. The average molecular weight is 428 g/mol. The Balaban J connectivity index is 1.71. The lowest BCUT2D eigenvalue weighted by Crippen LogP contribution is -2.38. The van der Waals surface area contributed by atoms with Gasteiger partial charge in [0.15, 0.2) is 9.84 Å². The summed E-state index contributed by atoms with van der Waals surface area (Å²) in [5, 5.41) is 0.486. The SMILES string of the molecule is CN(C(=O)CCn1cnc2ccc(Br)cc2c1=O)C1CCS(=O)(=O)C1. The number of carbonyl (C=O) groups is 1. The van der Waals surface area contributed by atoms with Crippen LogP contribution < -0.4 is 5.56 Å². The van der Waals surface area contributed by atoms with E-state index in [-0.39, 0.29) is 42.0 Å². The van der Waals surface area contributed by atoms with Gasteiger partial charge in [-0.15, -0.1) is 0 Å². The third kappa shape index (κ3) is 3.92. The zero-order valence-electron chi connectivity index (χ0n) is 13.7. The zero-order chi connectivity index (χ0) is 18.2. The first-order valence-corrected chi connectivity index (χ1v) is 10.5. The maximum Gasteiger partial charge on any atom is 0.261 e. The number of fused-ring (bicyclic) bond motifs is 1. The van der Waals surface area contributed by atoms with Gasteiger partial charge in [-0.05, 0) is 24.6 Å². The van der Waals surface area contributed by atoms with Crippen LogP contribution in [0.5, 0.6) is 0 Å². The van der Waals surface area contributed by atoms with E-state index in [0.29, 0.717) is 17.3 Å². The molecular formula is C16H18BrN3O4S. The smallest absolute Gasteiger partial charge is 0.261 e. The molecular weight excluding hydrogens is 410 g/mol. The molecule has 3 rings (SSSR count). The van der Waals surface area contributed by atoms with Crippen LogP contribution in [0.15, 0.2) is 33.8 Å². The average Bonchev–Trinajstić information content (AvgIpc) is 2.93. The topological polar surface area (TPSA) is 89.3 Å². The Morgan fingerprint density at radius 1 is 1.44 bits per heavy atom. The van der Waals surface area contributed by atoms with Crippen molar-refractivity contribution in [3.8, 4) is 0 Å². The van der Waals surface area contributed by atoms with Crippen LogP contribution in [0.1, 0.15) is 12.8 Å². The molecule has 0 saturated carbocycles. The van der Waals surface area contributed by atoms with Crippen molar-refractivity contribution >= 4 is 42.6 Å². The molecule has 2 heterocycles. The number of hydrogen-bond acceptors (Lipinski definition) is 5. The lowest BCUT2D eigenvalue weighted by molar-refractivity contribution is -0.131. The molecule has 1 atom stereocenters. The number of carbonyl (C=O) groups excluding carboxylic acids is 1. The molecule has 1 unspecified atom stereocenters. The van der Waals surface area contributed by atoms with Crippen LogP contribution in [0.3, 0.4) is 0 Å². The molecule has 0 aliphatic carbocycles. The van der Waals surface area contributed by atoms with Gasteiger partial charge in [0, 0.05) is 30.5 Å². The molecule has 0 spiro atoms. The number of rotatable bonds is 4. The molecule has 0 N–H and O–H groups in total. The van der Waals surface area contributed by atoms with E-state index in [0.717, 1.165) is 4.47 Å². The van der Waals surface area contributed by atoms with Crippen molar-refractivity contribution < 1.29 is 13.2 Å². The summed E-state index contributed by atoms with van der Waals surface area (Å²) >= 11 is 3.33. The summed E-state index contributed by atoms with van der Waals surface area (Å²) in [7, 11) is -1.42. The van der Waals surface area contributed by atoms with Crippen LogP contribution in [0.2, 0.25) is 0 Å². The van der Waals surface area contributed by atoms with Gasteiger partial charge < -0.3 is 4.90 Å². The Hall–Kier alpha value is -1.74. The van der Waals surface area contributed by atoms with E-state index < -0.39 is 9.84 Å². The van der Waals surface area contributed by atoms with Crippen LogP contribution in [0, 0.1) is 0 Å². The van der Waals surface area contributed by atoms with Gasteiger partial charge >= 0.3 is 0 Å². The summed E-state index contributed by atoms with van der Waals surface area (Å²) in [5.74, 6) is -0.0396. The predicted octanol–water partition coefficient (Wildman–Crippen LogP) is 1.19. The first-order chi connectivity index (χ1) is 11.8. The Bertz CT molecular complexity index is 987. The highest BCUT2D eigenvalue weighted by atomic mass is 79.9. The first-order valence-electron chi connectivity index (χ1n) is 7.87. The lowest BCUT2D eigenvalue weighted by atomic mass is 10.2. The van der Waals surface area contributed by atoms with Gasteiger partial charge in [-0.2, -0.15) is 0 Å². The van der Waals surface area contributed by atoms with Gasteiger partial charge in [-0.25, -0.2) is 13.4 Å². The summed E-state index contributed by atoms with van der Waals surface area (Å²) in [4.78, 5) is 30.6. The standard InChI is InChI=1S/C16H18BrN3O4S/c1-19(12-5-7-25(23,24)9-12)15(21)4-6-20-10-18-14-3-2-11(17)8-13(14)16(20)22/h2-3,8,10,12H,4-7,9H2,1H3. The maximum atomic E-state index is 12.5. The van der Waals surface area contributed by atoms with Crippen molar-refractivity contribution in [3.05, 3.63) is 39.4 Å². The third-order valence-electron chi connectivity index (χ3n) is 4.50. The molecule has 0 radical (unpaired) electrons. The first kappa shape index (κ1) is 18.1. The van der Waals surface area contributed by atoms with Gasteiger partial charge in [0.05, 0.1) is 28.7 Å². The van der Waals surface area contributed by atoms with E-state index in [1.54, 1.807) is 19.2 Å². The van der Waals surface area contributed by atoms with Crippen LogP contribution in [-0.4, -0.2) is 53.4 Å². The second-order valence-corrected chi connectivity index (χ2v) is 9.36. The maximum absolute atomic E-state index is 12.5. The molecule has 1 aliphatic heterocycles. The van der Waals surface area contributed by atoms with Crippen LogP contribution >= 0.6 is 15.9 Å². The minimum atomic E-state index is -3.04. The van der Waals surface area contributed by atoms with Crippen molar-refractivity contribution in [3.63, 3.8) is 0 Å². The molecule has 1 aromatic heterocycles. The van der Waals surface area contributed by atoms with Gasteiger partial charge in [-0.1, -0.05) is 15.9 Å². The van der Waals surface area contributed by atoms with E-state index in [4.69, 9.17) is 0 Å². The lowest BCUT2D eigenvalue weighted by Gasteiger charge is -2.23. The third-order valence-corrected chi connectivity index (χ3v) is 6.75. The summed E-state index contributed by atoms with van der Waals surface area (Å²) in [5.41, 5.74) is 0.397. The van der Waals surface area contributed by atoms with E-state index in [1.165, 1.54) is 15.8 Å². The van der Waals surface area contributed by atoms with E-state index in [1.807, 2.05) is 6.07 Å². The van der Waals surface area contributed by atoms with Gasteiger partial charge in [0.2, 0.25) is 5.91 Å².